The molecule has 0 spiro atoms. The third kappa shape index (κ3) is 3.09. The highest BCUT2D eigenvalue weighted by molar-refractivity contribution is 7.86. The first-order valence-corrected chi connectivity index (χ1v) is 6.88. The fourth-order valence-corrected chi connectivity index (χ4v) is 1.69. The van der Waals surface area contributed by atoms with Crippen LogP contribution in [0.5, 0.6) is 0 Å². The van der Waals surface area contributed by atoms with Gasteiger partial charge >= 0.3 is 40.8 Å². The van der Waals surface area contributed by atoms with Crippen LogP contribution in [0.1, 0.15) is 0 Å². The van der Waals surface area contributed by atoms with Crippen molar-refractivity contribution in [3.8, 4) is 0 Å². The Balaban J connectivity index is 6.74. The van der Waals surface area contributed by atoms with E-state index in [1.54, 1.807) is 0 Å². The molecule has 0 amide bonds. The van der Waals surface area contributed by atoms with Crippen molar-refractivity contribution in [1.82, 2.24) is 0 Å². The fraction of sp³-hybridized carbons (Fsp3) is 1.00. The monoisotopic (exact) mass is 463 g/mol. The molecule has 0 fully saturated rings. The van der Waals surface area contributed by atoms with Crippen LogP contribution in [0.15, 0.2) is 0 Å². The zero-order chi connectivity index (χ0) is 22.7. The molecular weight excluding hydrogens is 461 g/mol. The molecule has 0 bridgehead atoms. The molecule has 0 aromatic carbocycles. The van der Waals surface area contributed by atoms with Crippen molar-refractivity contribution in [3.05, 3.63) is 0 Å². The van der Waals surface area contributed by atoms with E-state index < -0.39 is 57.6 Å². The van der Waals surface area contributed by atoms with Crippen LogP contribution >= 0.6 is 0 Å². The van der Waals surface area contributed by atoms with Gasteiger partial charge in [0.2, 0.25) is 0 Å². The second kappa shape index (κ2) is 6.18. The Hall–Kier alpha value is -1.14. The van der Waals surface area contributed by atoms with Crippen molar-refractivity contribution >= 4 is 10.1 Å². The number of hydrogen-bond donors (Lipinski definition) is 0. The Morgan fingerprint density at radius 1 is 0.556 bits per heavy atom. The van der Waals surface area contributed by atoms with Gasteiger partial charge in [0.25, 0.3) is 0 Å². The van der Waals surface area contributed by atoms with E-state index >= 15 is 0 Å². The van der Waals surface area contributed by atoms with Crippen LogP contribution in [0.2, 0.25) is 0 Å². The molecule has 0 atom stereocenters. The largest absolute Gasteiger partial charge is 0.743 e. The number of hydrogen-bond acceptors (Lipinski definition) is 3. The van der Waals surface area contributed by atoms with Gasteiger partial charge in [-0.3, -0.25) is 0 Å². The summed E-state index contributed by atoms with van der Waals surface area (Å²) >= 11 is 0. The zero-order valence-electron chi connectivity index (χ0n) is 11.5. The van der Waals surface area contributed by atoms with Gasteiger partial charge < -0.3 is 4.55 Å². The van der Waals surface area contributed by atoms with E-state index in [1.807, 2.05) is 0 Å². The minimum atomic E-state index is -8.56. The zero-order valence-corrected chi connectivity index (χ0v) is 12.3. The van der Waals surface area contributed by atoms with Gasteiger partial charge in [-0.15, -0.1) is 0 Å². The molecule has 0 aliphatic heterocycles. The molecule has 0 radical (unpaired) electrons. The molecule has 0 heterocycles. The topological polar surface area (TPSA) is 57.2 Å². The summed E-state index contributed by atoms with van der Waals surface area (Å²) in [5.74, 6) is -48.5. The highest BCUT2D eigenvalue weighted by Crippen LogP contribution is 2.62. The predicted molar refractivity (Wildman–Crippen MR) is 50.3 cm³/mol. The van der Waals surface area contributed by atoms with Crippen LogP contribution in [0.25, 0.3) is 0 Å². The van der Waals surface area contributed by atoms with E-state index in [9.17, 15) is 78.8 Å². The molecular formula is C8H2F15O3S-. The molecule has 0 aliphatic carbocycles. The Morgan fingerprint density at radius 2 is 0.815 bits per heavy atom. The predicted octanol–water partition coefficient (Wildman–Crippen LogP) is 3.91. The third-order valence-corrected chi connectivity index (χ3v) is 3.77. The SMILES string of the molecule is O=S(=O)([O-])C(F)(F)C(F)(F)C(F)(F)C(F)(F)C(F)(F)C(F)(F)C(F)(F)CF. The van der Waals surface area contributed by atoms with Gasteiger partial charge in [-0.25, -0.2) is 12.8 Å². The molecule has 0 N–H and O–H groups in total. The lowest BCUT2D eigenvalue weighted by molar-refractivity contribution is -0.436. The number of rotatable bonds is 8. The van der Waals surface area contributed by atoms with Gasteiger partial charge in [0.15, 0.2) is 16.8 Å². The maximum atomic E-state index is 13.0. The average Bonchev–Trinajstić information content (AvgIpc) is 2.44. The molecule has 3 nitrogen and oxygen atoms in total. The lowest BCUT2D eigenvalue weighted by Gasteiger charge is -2.42. The molecule has 0 unspecified atom stereocenters. The molecule has 0 aromatic heterocycles. The smallest absolute Gasteiger partial charge is 0.402 e. The van der Waals surface area contributed by atoms with E-state index in [0.717, 1.165) is 0 Å². The molecule has 0 aromatic rings. The lowest BCUT2D eigenvalue weighted by Crippen LogP contribution is -2.73. The van der Waals surface area contributed by atoms with Crippen molar-refractivity contribution < 1.29 is 78.8 Å². The average molecular weight is 463 g/mol. The van der Waals surface area contributed by atoms with Gasteiger partial charge in [0.05, 0.1) is 0 Å². The Labute approximate surface area is 137 Å². The van der Waals surface area contributed by atoms with Gasteiger partial charge in [-0.2, -0.15) is 61.5 Å². The summed E-state index contributed by atoms with van der Waals surface area (Å²) in [5.41, 5.74) is 0. The van der Waals surface area contributed by atoms with Crippen LogP contribution < -0.4 is 0 Å². The summed E-state index contributed by atoms with van der Waals surface area (Å²) in [6.45, 7) is -3.92. The Morgan fingerprint density at radius 3 is 1.07 bits per heavy atom. The first kappa shape index (κ1) is 25.9. The van der Waals surface area contributed by atoms with Crippen LogP contribution in [0.4, 0.5) is 65.9 Å². The minimum Gasteiger partial charge on any atom is -0.743 e. The summed E-state index contributed by atoms with van der Waals surface area (Å²) in [7, 11) is -8.00. The molecule has 164 valence electrons. The Bertz CT molecular complexity index is 667. The van der Waals surface area contributed by atoms with Crippen LogP contribution in [0, 0.1) is 0 Å². The first-order chi connectivity index (χ1) is 11.3. The lowest BCUT2D eigenvalue weighted by atomic mass is 9.91. The van der Waals surface area contributed by atoms with Crippen molar-refractivity contribution in [2.24, 2.45) is 0 Å². The summed E-state index contributed by atoms with van der Waals surface area (Å²) in [6, 6.07) is 0. The molecule has 27 heavy (non-hydrogen) atoms. The van der Waals surface area contributed by atoms with Gasteiger partial charge in [-0.1, -0.05) is 0 Å². The molecule has 0 rings (SSSR count). The van der Waals surface area contributed by atoms with E-state index in [-0.39, 0.29) is 0 Å². The first-order valence-electron chi connectivity index (χ1n) is 5.47. The molecule has 0 saturated carbocycles. The van der Waals surface area contributed by atoms with Crippen molar-refractivity contribution in [1.29, 1.82) is 0 Å². The van der Waals surface area contributed by atoms with E-state index in [1.165, 1.54) is 0 Å². The number of alkyl halides is 15. The molecule has 0 saturated heterocycles. The van der Waals surface area contributed by atoms with E-state index in [0.29, 0.717) is 0 Å². The summed E-state index contributed by atoms with van der Waals surface area (Å²) < 4.78 is 220. The van der Waals surface area contributed by atoms with E-state index in [2.05, 4.69) is 0 Å². The molecule has 0 aliphatic rings. The van der Waals surface area contributed by atoms with Crippen molar-refractivity contribution in [2.75, 3.05) is 6.67 Å². The maximum Gasteiger partial charge on any atom is 0.402 e. The summed E-state index contributed by atoms with van der Waals surface area (Å²) in [6.07, 6.45) is 0. The maximum absolute atomic E-state index is 13.0. The second-order valence-electron chi connectivity index (χ2n) is 4.68. The van der Waals surface area contributed by atoms with Crippen LogP contribution in [-0.4, -0.2) is 60.4 Å². The highest BCUT2D eigenvalue weighted by Gasteiger charge is 2.93. The fourth-order valence-electron chi connectivity index (χ4n) is 1.24. The van der Waals surface area contributed by atoms with E-state index in [4.69, 9.17) is 0 Å². The number of halogens is 15. The third-order valence-electron chi connectivity index (χ3n) is 2.88. The highest BCUT2D eigenvalue weighted by atomic mass is 32.2. The Kier molecular flexibility index (Phi) is 5.92. The minimum absolute atomic E-state index is 3.92. The van der Waals surface area contributed by atoms with Gasteiger partial charge in [0.1, 0.15) is 0 Å². The molecule has 19 heteroatoms. The van der Waals surface area contributed by atoms with Gasteiger partial charge in [0, 0.05) is 0 Å². The van der Waals surface area contributed by atoms with Crippen molar-refractivity contribution in [2.45, 2.75) is 40.8 Å². The summed E-state index contributed by atoms with van der Waals surface area (Å²) in [5, 5.41) is -7.79. The quantitative estimate of drug-likeness (QED) is 0.406. The second-order valence-corrected chi connectivity index (χ2v) is 6.10. The summed E-state index contributed by atoms with van der Waals surface area (Å²) in [4.78, 5) is 0. The van der Waals surface area contributed by atoms with Crippen molar-refractivity contribution in [3.63, 3.8) is 0 Å². The standard InChI is InChI=1S/C8H3F15O3S/c9-1-2(10,11)3(12,13)4(14,15)5(16,17)6(18,19)7(20,21)8(22,23)27(24,25)26/h1H2,(H,24,25,26)/p-1. The van der Waals surface area contributed by atoms with Crippen LogP contribution in [-0.2, 0) is 10.1 Å². The normalized spacial score (nSPS) is 16.6. The van der Waals surface area contributed by atoms with Gasteiger partial charge in [-0.05, 0) is 0 Å². The van der Waals surface area contributed by atoms with Crippen LogP contribution in [0.3, 0.4) is 0 Å².